The van der Waals surface area contributed by atoms with Gasteiger partial charge in [0.2, 0.25) is 0 Å². The Kier molecular flexibility index (Phi) is 7.47. The van der Waals surface area contributed by atoms with Gasteiger partial charge in [-0.25, -0.2) is 0 Å². The molecule has 0 atom stereocenters. The second-order valence-corrected chi connectivity index (χ2v) is 6.08. The van der Waals surface area contributed by atoms with Crippen molar-refractivity contribution in [3.63, 3.8) is 0 Å². The summed E-state index contributed by atoms with van der Waals surface area (Å²) in [5.41, 5.74) is 1.81. The lowest BCUT2D eigenvalue weighted by atomic mass is 10.1. The van der Waals surface area contributed by atoms with E-state index in [1.54, 1.807) is 0 Å². The van der Waals surface area contributed by atoms with Crippen LogP contribution in [0.3, 0.4) is 0 Å². The first-order chi connectivity index (χ1) is 11.7. The number of allylic oxidation sites excluding steroid dienone is 4. The van der Waals surface area contributed by atoms with Crippen molar-refractivity contribution in [1.82, 2.24) is 0 Å². The van der Waals surface area contributed by atoms with E-state index in [-0.39, 0.29) is 17.5 Å². The summed E-state index contributed by atoms with van der Waals surface area (Å²) in [6.45, 7) is 2.18. The molecule has 1 aromatic rings. The maximum absolute atomic E-state index is 12.0. The summed E-state index contributed by atoms with van der Waals surface area (Å²) in [5.74, 6) is -0.151. The fourth-order valence-electron chi connectivity index (χ4n) is 2.78. The molecule has 0 saturated heterocycles. The number of rotatable bonds is 9. The van der Waals surface area contributed by atoms with E-state index in [1.165, 1.54) is 19.3 Å². The summed E-state index contributed by atoms with van der Waals surface area (Å²) in [7, 11) is 0. The number of hydrogen-bond donors (Lipinski definition) is 0. The van der Waals surface area contributed by atoms with E-state index in [9.17, 15) is 9.59 Å². The van der Waals surface area contributed by atoms with Crippen LogP contribution >= 0.6 is 0 Å². The van der Waals surface area contributed by atoms with Crippen molar-refractivity contribution in [2.75, 3.05) is 0 Å². The lowest BCUT2D eigenvalue weighted by Crippen LogP contribution is -2.09. The van der Waals surface area contributed by atoms with E-state index in [2.05, 4.69) is 13.0 Å². The number of benzene rings is 1. The molecule has 0 amide bonds. The van der Waals surface area contributed by atoms with E-state index >= 15 is 0 Å². The van der Waals surface area contributed by atoms with Crippen LogP contribution in [0.25, 0.3) is 5.57 Å². The SMILES string of the molecule is CCCCC/C=C\CCC(=O)OC1=C(c2ccccc2)CCC1=O. The largest absolute Gasteiger partial charge is 0.422 e. The molecule has 0 aromatic heterocycles. The Hall–Kier alpha value is -2.16. The Morgan fingerprint density at radius 3 is 2.58 bits per heavy atom. The number of carbonyl (C=O) groups excluding carboxylic acids is 2. The van der Waals surface area contributed by atoms with Gasteiger partial charge in [-0.2, -0.15) is 0 Å². The standard InChI is InChI=1S/C21H26O3/c1-2-3-4-5-6-7-11-14-20(23)24-21-18(15-16-19(21)22)17-12-9-8-10-13-17/h6-10,12-13H,2-5,11,14-16H2,1H3/b7-6-. The summed E-state index contributed by atoms with van der Waals surface area (Å²) >= 11 is 0. The highest BCUT2D eigenvalue weighted by Crippen LogP contribution is 2.32. The Bertz CT molecular complexity index is 611. The minimum Gasteiger partial charge on any atom is -0.422 e. The Balaban J connectivity index is 1.86. The van der Waals surface area contributed by atoms with Gasteiger partial charge in [0.25, 0.3) is 0 Å². The van der Waals surface area contributed by atoms with Crippen molar-refractivity contribution < 1.29 is 14.3 Å². The van der Waals surface area contributed by atoms with Crippen LogP contribution in [-0.2, 0) is 14.3 Å². The van der Waals surface area contributed by atoms with Gasteiger partial charge in [0.15, 0.2) is 11.5 Å². The minimum absolute atomic E-state index is 0.0719. The molecule has 0 fully saturated rings. The molecule has 2 rings (SSSR count). The second-order valence-electron chi connectivity index (χ2n) is 6.08. The number of carbonyl (C=O) groups is 2. The fourth-order valence-corrected chi connectivity index (χ4v) is 2.78. The zero-order valence-electron chi connectivity index (χ0n) is 14.4. The Labute approximate surface area is 144 Å². The Morgan fingerprint density at radius 1 is 1.08 bits per heavy atom. The summed E-state index contributed by atoms with van der Waals surface area (Å²) in [6.07, 6.45) is 10.9. The first kappa shape index (κ1) is 18.2. The van der Waals surface area contributed by atoms with Crippen LogP contribution in [0.2, 0.25) is 0 Å². The zero-order chi connectivity index (χ0) is 17.2. The van der Waals surface area contributed by atoms with Crippen LogP contribution in [-0.4, -0.2) is 11.8 Å². The summed E-state index contributed by atoms with van der Waals surface area (Å²) in [4.78, 5) is 24.0. The zero-order valence-corrected chi connectivity index (χ0v) is 14.4. The molecule has 0 radical (unpaired) electrons. The van der Waals surface area contributed by atoms with Crippen LogP contribution in [0.4, 0.5) is 0 Å². The van der Waals surface area contributed by atoms with Crippen molar-refractivity contribution >= 4 is 17.3 Å². The normalized spacial score (nSPS) is 14.6. The molecule has 0 saturated carbocycles. The molecule has 0 N–H and O–H groups in total. The summed E-state index contributed by atoms with van der Waals surface area (Å²) in [6, 6.07) is 9.67. The van der Waals surface area contributed by atoms with Crippen molar-refractivity contribution in [3.05, 3.63) is 53.8 Å². The molecule has 3 heteroatoms. The van der Waals surface area contributed by atoms with Crippen LogP contribution in [0.5, 0.6) is 0 Å². The number of ketones is 1. The van der Waals surface area contributed by atoms with E-state index in [0.29, 0.717) is 25.7 Å². The van der Waals surface area contributed by atoms with Crippen LogP contribution in [0.15, 0.2) is 48.2 Å². The lowest BCUT2D eigenvalue weighted by Gasteiger charge is -2.07. The molecule has 24 heavy (non-hydrogen) atoms. The lowest BCUT2D eigenvalue weighted by molar-refractivity contribution is -0.142. The predicted octanol–water partition coefficient (Wildman–Crippen LogP) is 5.22. The van der Waals surface area contributed by atoms with Gasteiger partial charge >= 0.3 is 5.97 Å². The number of Topliss-reactive ketones (excluding diaryl/α,β-unsaturated/α-hetero) is 1. The minimum atomic E-state index is -0.327. The van der Waals surface area contributed by atoms with Crippen molar-refractivity contribution in [2.24, 2.45) is 0 Å². The Morgan fingerprint density at radius 2 is 1.83 bits per heavy atom. The van der Waals surface area contributed by atoms with Gasteiger partial charge in [0, 0.05) is 18.4 Å². The maximum Gasteiger partial charge on any atom is 0.311 e. The van der Waals surface area contributed by atoms with Gasteiger partial charge in [0.05, 0.1) is 0 Å². The molecular weight excluding hydrogens is 300 g/mol. The fraction of sp³-hybridized carbons (Fsp3) is 0.429. The van der Waals surface area contributed by atoms with E-state index in [0.717, 1.165) is 17.6 Å². The van der Waals surface area contributed by atoms with Crippen molar-refractivity contribution in [1.29, 1.82) is 0 Å². The van der Waals surface area contributed by atoms with Gasteiger partial charge in [-0.1, -0.05) is 62.2 Å². The van der Waals surface area contributed by atoms with E-state index < -0.39 is 0 Å². The van der Waals surface area contributed by atoms with Crippen LogP contribution in [0.1, 0.15) is 63.9 Å². The first-order valence-corrected chi connectivity index (χ1v) is 8.89. The van der Waals surface area contributed by atoms with Crippen LogP contribution < -0.4 is 0 Å². The highest BCUT2D eigenvalue weighted by atomic mass is 16.5. The molecule has 3 nitrogen and oxygen atoms in total. The predicted molar refractivity (Wildman–Crippen MR) is 96.2 cm³/mol. The summed E-state index contributed by atoms with van der Waals surface area (Å²) in [5, 5.41) is 0. The van der Waals surface area contributed by atoms with E-state index in [1.807, 2.05) is 36.4 Å². The molecule has 1 aromatic carbocycles. The molecule has 1 aliphatic carbocycles. The summed E-state index contributed by atoms with van der Waals surface area (Å²) < 4.78 is 5.39. The second kappa shape index (κ2) is 9.86. The smallest absolute Gasteiger partial charge is 0.311 e. The van der Waals surface area contributed by atoms with E-state index in [4.69, 9.17) is 4.74 Å². The average Bonchev–Trinajstić information content (AvgIpc) is 2.95. The highest BCUT2D eigenvalue weighted by Gasteiger charge is 2.27. The van der Waals surface area contributed by atoms with Gasteiger partial charge < -0.3 is 4.74 Å². The highest BCUT2D eigenvalue weighted by molar-refractivity contribution is 6.06. The van der Waals surface area contributed by atoms with Crippen LogP contribution in [0, 0.1) is 0 Å². The third kappa shape index (κ3) is 5.48. The monoisotopic (exact) mass is 326 g/mol. The van der Waals surface area contributed by atoms with Crippen molar-refractivity contribution in [3.8, 4) is 0 Å². The molecule has 0 aliphatic heterocycles. The van der Waals surface area contributed by atoms with Gasteiger partial charge in [-0.15, -0.1) is 0 Å². The first-order valence-electron chi connectivity index (χ1n) is 8.89. The number of unbranched alkanes of at least 4 members (excludes halogenated alkanes) is 3. The molecule has 1 aliphatic rings. The van der Waals surface area contributed by atoms with Gasteiger partial charge in [-0.05, 0) is 31.2 Å². The topological polar surface area (TPSA) is 43.4 Å². The van der Waals surface area contributed by atoms with Gasteiger partial charge in [0.1, 0.15) is 0 Å². The third-order valence-electron chi connectivity index (χ3n) is 4.12. The number of hydrogen-bond acceptors (Lipinski definition) is 3. The molecule has 0 bridgehead atoms. The number of esters is 1. The maximum atomic E-state index is 12.0. The number of ether oxygens (including phenoxy) is 1. The molecule has 128 valence electrons. The molecule has 0 unspecified atom stereocenters. The molecular formula is C21H26O3. The quantitative estimate of drug-likeness (QED) is 0.355. The third-order valence-corrected chi connectivity index (χ3v) is 4.12. The average molecular weight is 326 g/mol. The van der Waals surface area contributed by atoms with Crippen molar-refractivity contribution in [2.45, 2.75) is 58.3 Å². The molecule has 0 spiro atoms. The molecule has 0 heterocycles. The van der Waals surface area contributed by atoms with Gasteiger partial charge in [-0.3, -0.25) is 9.59 Å².